The average molecular weight is 342 g/mol. The zero-order valence-electron chi connectivity index (χ0n) is 14.5. The predicted octanol–water partition coefficient (Wildman–Crippen LogP) is 3.44. The smallest absolute Gasteiger partial charge is 0.116 e. The topological polar surface area (TPSA) is 36.9 Å². The van der Waals surface area contributed by atoms with Crippen molar-refractivity contribution in [1.29, 1.82) is 0 Å². The summed E-state index contributed by atoms with van der Waals surface area (Å²) < 4.78 is 24.5. The van der Waals surface area contributed by atoms with Crippen LogP contribution in [0.2, 0.25) is 0 Å². The fourth-order valence-electron chi connectivity index (χ4n) is 3.31. The van der Waals surface area contributed by atoms with Crippen molar-refractivity contribution in [3.63, 3.8) is 0 Å². The molecule has 0 amide bonds. The molecule has 0 N–H and O–H groups in total. The molecule has 4 heteroatoms. The molecule has 1 aromatic carbocycles. The standard InChI is InChI=1S/C21H26O4/c1-3-13-22-19-17(4-2)25-18-12-8-9-14-23-20(18)21(19)24-15-16-10-6-5-7-11-16/h3-11,17-21H,1-2,12-15H2/t17-,18+,19-,20+,21+/m1/s1. The van der Waals surface area contributed by atoms with Crippen LogP contribution in [0.3, 0.4) is 0 Å². The van der Waals surface area contributed by atoms with Crippen molar-refractivity contribution >= 4 is 0 Å². The van der Waals surface area contributed by atoms with E-state index >= 15 is 0 Å². The van der Waals surface area contributed by atoms with E-state index in [1.54, 1.807) is 12.2 Å². The highest BCUT2D eigenvalue weighted by molar-refractivity contribution is 5.14. The molecule has 5 atom stereocenters. The first kappa shape index (κ1) is 18.1. The Bertz CT molecular complexity index is 583. The lowest BCUT2D eigenvalue weighted by atomic mass is 9.92. The van der Waals surface area contributed by atoms with Gasteiger partial charge in [0.2, 0.25) is 0 Å². The SMILES string of the molecule is C=CCO[C@H]1[C@H](OCc2ccccc2)[C@H]2OCC=CC[C@@H]2O[C@@H]1C=C. The molecule has 0 radical (unpaired) electrons. The van der Waals surface area contributed by atoms with Gasteiger partial charge in [-0.25, -0.2) is 0 Å². The van der Waals surface area contributed by atoms with Crippen molar-refractivity contribution in [3.05, 3.63) is 73.4 Å². The predicted molar refractivity (Wildman–Crippen MR) is 97.3 cm³/mol. The quantitative estimate of drug-likeness (QED) is 0.711. The van der Waals surface area contributed by atoms with E-state index in [0.29, 0.717) is 19.8 Å². The normalized spacial score (nSPS) is 31.8. The molecule has 1 fully saturated rings. The van der Waals surface area contributed by atoms with Gasteiger partial charge in [-0.1, -0.05) is 54.6 Å². The van der Waals surface area contributed by atoms with Crippen LogP contribution in [0.15, 0.2) is 67.8 Å². The summed E-state index contributed by atoms with van der Waals surface area (Å²) in [6.07, 6.45) is 7.46. The van der Waals surface area contributed by atoms with Crippen LogP contribution in [0.5, 0.6) is 0 Å². The summed E-state index contributed by atoms with van der Waals surface area (Å²) in [6, 6.07) is 10.1. The minimum absolute atomic E-state index is 0.0638. The second-order valence-corrected chi connectivity index (χ2v) is 6.23. The minimum Gasteiger partial charge on any atom is -0.369 e. The van der Waals surface area contributed by atoms with Crippen LogP contribution in [0.25, 0.3) is 0 Å². The molecular weight excluding hydrogens is 316 g/mol. The van der Waals surface area contributed by atoms with Gasteiger partial charge in [-0.2, -0.15) is 0 Å². The maximum Gasteiger partial charge on any atom is 0.116 e. The van der Waals surface area contributed by atoms with Crippen LogP contribution in [0, 0.1) is 0 Å². The Labute approximate surface area is 149 Å². The molecule has 2 aliphatic rings. The molecule has 2 aliphatic heterocycles. The minimum atomic E-state index is -0.279. The Balaban J connectivity index is 1.79. The highest BCUT2D eigenvalue weighted by Crippen LogP contribution is 2.32. The Kier molecular flexibility index (Phi) is 6.59. The summed E-state index contributed by atoms with van der Waals surface area (Å²) >= 11 is 0. The molecule has 0 bridgehead atoms. The van der Waals surface area contributed by atoms with E-state index in [2.05, 4.69) is 31.4 Å². The second kappa shape index (κ2) is 9.11. The van der Waals surface area contributed by atoms with Gasteiger partial charge in [0.1, 0.15) is 24.4 Å². The molecule has 1 aromatic rings. The molecule has 25 heavy (non-hydrogen) atoms. The van der Waals surface area contributed by atoms with Gasteiger partial charge in [-0.3, -0.25) is 0 Å². The number of rotatable bonds is 7. The number of hydrogen-bond acceptors (Lipinski definition) is 4. The third-order valence-corrected chi connectivity index (χ3v) is 4.51. The Morgan fingerprint density at radius 3 is 2.68 bits per heavy atom. The van der Waals surface area contributed by atoms with Crippen LogP contribution in [0.4, 0.5) is 0 Å². The summed E-state index contributed by atoms with van der Waals surface area (Å²) in [6.45, 7) is 9.14. The van der Waals surface area contributed by atoms with Crippen LogP contribution in [0.1, 0.15) is 12.0 Å². The van der Waals surface area contributed by atoms with Crippen molar-refractivity contribution in [3.8, 4) is 0 Å². The van der Waals surface area contributed by atoms with E-state index in [9.17, 15) is 0 Å². The number of ether oxygens (including phenoxy) is 4. The zero-order valence-corrected chi connectivity index (χ0v) is 14.5. The van der Waals surface area contributed by atoms with Crippen molar-refractivity contribution in [2.75, 3.05) is 13.2 Å². The van der Waals surface area contributed by atoms with Crippen LogP contribution >= 0.6 is 0 Å². The third-order valence-electron chi connectivity index (χ3n) is 4.51. The summed E-state index contributed by atoms with van der Waals surface area (Å²) in [5.74, 6) is 0. The molecule has 3 rings (SSSR count). The van der Waals surface area contributed by atoms with Crippen molar-refractivity contribution in [2.24, 2.45) is 0 Å². The lowest BCUT2D eigenvalue weighted by Crippen LogP contribution is -2.59. The fraction of sp³-hybridized carbons (Fsp3) is 0.429. The van der Waals surface area contributed by atoms with E-state index in [-0.39, 0.29) is 30.5 Å². The van der Waals surface area contributed by atoms with E-state index < -0.39 is 0 Å². The van der Waals surface area contributed by atoms with E-state index in [1.807, 2.05) is 24.3 Å². The van der Waals surface area contributed by atoms with Gasteiger partial charge < -0.3 is 18.9 Å². The van der Waals surface area contributed by atoms with Crippen molar-refractivity contribution < 1.29 is 18.9 Å². The van der Waals surface area contributed by atoms with Crippen molar-refractivity contribution in [1.82, 2.24) is 0 Å². The monoisotopic (exact) mass is 342 g/mol. The molecular formula is C21H26O4. The largest absolute Gasteiger partial charge is 0.369 e. The number of benzene rings is 1. The summed E-state index contributed by atoms with van der Waals surface area (Å²) in [7, 11) is 0. The summed E-state index contributed by atoms with van der Waals surface area (Å²) in [5.41, 5.74) is 1.12. The molecule has 1 saturated heterocycles. The lowest BCUT2D eigenvalue weighted by Gasteiger charge is -2.44. The van der Waals surface area contributed by atoms with Gasteiger partial charge in [0.25, 0.3) is 0 Å². The number of fused-ring (bicyclic) bond motifs is 1. The van der Waals surface area contributed by atoms with E-state index in [1.165, 1.54) is 0 Å². The van der Waals surface area contributed by atoms with Gasteiger partial charge in [0.15, 0.2) is 0 Å². The van der Waals surface area contributed by atoms with Crippen LogP contribution < -0.4 is 0 Å². The first-order valence-corrected chi connectivity index (χ1v) is 8.76. The van der Waals surface area contributed by atoms with Crippen LogP contribution in [-0.2, 0) is 25.6 Å². The highest BCUT2D eigenvalue weighted by Gasteiger charge is 2.47. The van der Waals surface area contributed by atoms with Gasteiger partial charge >= 0.3 is 0 Å². The van der Waals surface area contributed by atoms with Crippen molar-refractivity contribution in [2.45, 2.75) is 43.5 Å². The first-order chi connectivity index (χ1) is 12.3. The zero-order chi connectivity index (χ0) is 17.5. The second-order valence-electron chi connectivity index (χ2n) is 6.23. The molecule has 0 aromatic heterocycles. The van der Waals surface area contributed by atoms with Gasteiger partial charge in [0.05, 0.1) is 25.9 Å². The molecule has 4 nitrogen and oxygen atoms in total. The van der Waals surface area contributed by atoms with E-state index in [0.717, 1.165) is 12.0 Å². The molecule has 134 valence electrons. The average Bonchev–Trinajstić information content (AvgIpc) is 2.90. The van der Waals surface area contributed by atoms with Crippen LogP contribution in [-0.4, -0.2) is 43.7 Å². The lowest BCUT2D eigenvalue weighted by molar-refractivity contribution is -0.244. The third kappa shape index (κ3) is 4.47. The maximum absolute atomic E-state index is 6.30. The van der Waals surface area contributed by atoms with Gasteiger partial charge in [-0.15, -0.1) is 13.2 Å². The molecule has 2 heterocycles. The molecule has 0 unspecified atom stereocenters. The molecule has 0 aliphatic carbocycles. The maximum atomic E-state index is 6.30. The Hall–Kier alpha value is -1.72. The van der Waals surface area contributed by atoms with Gasteiger partial charge in [-0.05, 0) is 12.0 Å². The Morgan fingerprint density at radius 2 is 1.92 bits per heavy atom. The summed E-state index contributed by atoms with van der Waals surface area (Å²) in [4.78, 5) is 0. The fourth-order valence-corrected chi connectivity index (χ4v) is 3.31. The highest BCUT2D eigenvalue weighted by atomic mass is 16.6. The molecule has 0 saturated carbocycles. The molecule has 0 spiro atoms. The number of hydrogen-bond donors (Lipinski definition) is 0. The van der Waals surface area contributed by atoms with Gasteiger partial charge in [0, 0.05) is 0 Å². The first-order valence-electron chi connectivity index (χ1n) is 8.76. The Morgan fingerprint density at radius 1 is 1.08 bits per heavy atom. The van der Waals surface area contributed by atoms with E-state index in [4.69, 9.17) is 18.9 Å². The summed E-state index contributed by atoms with van der Waals surface area (Å²) in [5, 5.41) is 0.